The summed E-state index contributed by atoms with van der Waals surface area (Å²) in [5.41, 5.74) is 1.50. The lowest BCUT2D eigenvalue weighted by Gasteiger charge is -2.28. The first-order valence-electron chi connectivity index (χ1n) is 5.80. The second-order valence-corrected chi connectivity index (χ2v) is 4.42. The van der Waals surface area contributed by atoms with Crippen LogP contribution in [0.2, 0.25) is 0 Å². The molecule has 1 aromatic heterocycles. The second-order valence-electron chi connectivity index (χ2n) is 4.42. The molecule has 0 radical (unpaired) electrons. The van der Waals surface area contributed by atoms with Crippen molar-refractivity contribution < 1.29 is 0 Å². The molecule has 1 heterocycles. The molecule has 0 aliphatic heterocycles. The van der Waals surface area contributed by atoms with Gasteiger partial charge in [0.2, 0.25) is 0 Å². The van der Waals surface area contributed by atoms with Crippen molar-refractivity contribution in [1.82, 2.24) is 4.98 Å². The van der Waals surface area contributed by atoms with Crippen molar-refractivity contribution in [3.05, 3.63) is 30.1 Å². The minimum Gasteiger partial charge on any atom is -0.265 e. The molecule has 1 saturated carbocycles. The van der Waals surface area contributed by atoms with Crippen LogP contribution in [0.5, 0.6) is 0 Å². The highest BCUT2D eigenvalue weighted by Gasteiger charge is 2.21. The van der Waals surface area contributed by atoms with Gasteiger partial charge in [-0.1, -0.05) is 26.2 Å². The van der Waals surface area contributed by atoms with Crippen LogP contribution in [0.25, 0.3) is 0 Å². The summed E-state index contributed by atoms with van der Waals surface area (Å²) in [7, 11) is 0. The standard InChI is InChI=1S/C13H19N/c1-2-11-4-3-5-13(10-11)12-6-8-14-9-7-12/h6-9,11,13H,2-5,10H2,1H3. The van der Waals surface area contributed by atoms with Crippen LogP contribution < -0.4 is 0 Å². The average Bonchev–Trinajstić information content (AvgIpc) is 2.30. The fraction of sp³-hybridized carbons (Fsp3) is 0.615. The van der Waals surface area contributed by atoms with Crippen LogP contribution in [0.4, 0.5) is 0 Å². The van der Waals surface area contributed by atoms with Gasteiger partial charge < -0.3 is 0 Å². The maximum absolute atomic E-state index is 4.08. The molecule has 2 atom stereocenters. The molecule has 1 fully saturated rings. The zero-order chi connectivity index (χ0) is 9.80. The number of rotatable bonds is 2. The summed E-state index contributed by atoms with van der Waals surface area (Å²) in [6.07, 6.45) is 10.8. The SMILES string of the molecule is CCC1CCCC(c2ccncc2)C1. The normalized spacial score (nSPS) is 27.5. The van der Waals surface area contributed by atoms with Gasteiger partial charge in [-0.15, -0.1) is 0 Å². The predicted molar refractivity (Wildman–Crippen MR) is 59.2 cm³/mol. The largest absolute Gasteiger partial charge is 0.265 e. The first kappa shape index (κ1) is 9.70. The van der Waals surface area contributed by atoms with E-state index in [1.165, 1.54) is 37.7 Å². The summed E-state index contributed by atoms with van der Waals surface area (Å²) >= 11 is 0. The van der Waals surface area contributed by atoms with Gasteiger partial charge >= 0.3 is 0 Å². The van der Waals surface area contributed by atoms with E-state index in [1.807, 2.05) is 12.4 Å². The zero-order valence-electron chi connectivity index (χ0n) is 8.95. The lowest BCUT2D eigenvalue weighted by atomic mass is 9.77. The van der Waals surface area contributed by atoms with Crippen LogP contribution in [0.15, 0.2) is 24.5 Å². The van der Waals surface area contributed by atoms with E-state index in [0.29, 0.717) is 0 Å². The Labute approximate surface area is 86.6 Å². The van der Waals surface area contributed by atoms with Gasteiger partial charge in [0.05, 0.1) is 0 Å². The molecule has 1 aromatic rings. The zero-order valence-corrected chi connectivity index (χ0v) is 8.95. The van der Waals surface area contributed by atoms with Crippen LogP contribution in [0.1, 0.15) is 50.5 Å². The fourth-order valence-electron chi connectivity index (χ4n) is 2.60. The molecule has 2 rings (SSSR count). The Morgan fingerprint density at radius 1 is 1.29 bits per heavy atom. The average molecular weight is 189 g/mol. The Hall–Kier alpha value is -0.850. The van der Waals surface area contributed by atoms with Crippen molar-refractivity contribution in [3.63, 3.8) is 0 Å². The molecule has 76 valence electrons. The van der Waals surface area contributed by atoms with Crippen molar-refractivity contribution in [2.45, 2.75) is 44.9 Å². The molecule has 1 aliphatic rings. The lowest BCUT2D eigenvalue weighted by Crippen LogP contribution is -2.13. The Balaban J connectivity index is 2.04. The fourth-order valence-corrected chi connectivity index (χ4v) is 2.60. The van der Waals surface area contributed by atoms with Gasteiger partial charge in [-0.2, -0.15) is 0 Å². The molecule has 0 N–H and O–H groups in total. The van der Waals surface area contributed by atoms with Crippen molar-refractivity contribution in [2.24, 2.45) is 5.92 Å². The van der Waals surface area contributed by atoms with E-state index in [0.717, 1.165) is 11.8 Å². The van der Waals surface area contributed by atoms with Gasteiger partial charge in [-0.05, 0) is 42.4 Å². The van der Waals surface area contributed by atoms with Crippen LogP contribution in [0, 0.1) is 5.92 Å². The molecule has 0 amide bonds. The Morgan fingerprint density at radius 3 is 2.79 bits per heavy atom. The van der Waals surface area contributed by atoms with Crippen molar-refractivity contribution >= 4 is 0 Å². The molecule has 0 bridgehead atoms. The van der Waals surface area contributed by atoms with Crippen molar-refractivity contribution in [2.75, 3.05) is 0 Å². The smallest absolute Gasteiger partial charge is 0.0270 e. The molecular formula is C13H19N. The predicted octanol–water partition coefficient (Wildman–Crippen LogP) is 3.77. The molecular weight excluding hydrogens is 170 g/mol. The molecule has 1 nitrogen and oxygen atoms in total. The third kappa shape index (κ3) is 2.14. The van der Waals surface area contributed by atoms with Crippen LogP contribution in [-0.2, 0) is 0 Å². The number of aromatic nitrogens is 1. The van der Waals surface area contributed by atoms with Gasteiger partial charge in [0, 0.05) is 12.4 Å². The van der Waals surface area contributed by atoms with E-state index in [4.69, 9.17) is 0 Å². The van der Waals surface area contributed by atoms with Crippen LogP contribution in [-0.4, -0.2) is 4.98 Å². The maximum Gasteiger partial charge on any atom is 0.0270 e. The highest BCUT2D eigenvalue weighted by molar-refractivity contribution is 5.16. The topological polar surface area (TPSA) is 12.9 Å². The molecule has 0 aromatic carbocycles. The number of pyridine rings is 1. The van der Waals surface area contributed by atoms with Gasteiger partial charge in [-0.25, -0.2) is 0 Å². The van der Waals surface area contributed by atoms with E-state index >= 15 is 0 Å². The lowest BCUT2D eigenvalue weighted by molar-refractivity contribution is 0.314. The Morgan fingerprint density at radius 2 is 2.07 bits per heavy atom. The van der Waals surface area contributed by atoms with E-state index in [2.05, 4.69) is 24.0 Å². The van der Waals surface area contributed by atoms with Gasteiger partial charge in [0.25, 0.3) is 0 Å². The molecule has 14 heavy (non-hydrogen) atoms. The Bertz CT molecular complexity index is 268. The summed E-state index contributed by atoms with van der Waals surface area (Å²) in [5, 5.41) is 0. The molecule has 1 aliphatic carbocycles. The van der Waals surface area contributed by atoms with Gasteiger partial charge in [-0.3, -0.25) is 4.98 Å². The monoisotopic (exact) mass is 189 g/mol. The summed E-state index contributed by atoms with van der Waals surface area (Å²) in [6.45, 7) is 2.32. The van der Waals surface area contributed by atoms with E-state index in [-0.39, 0.29) is 0 Å². The van der Waals surface area contributed by atoms with E-state index in [1.54, 1.807) is 0 Å². The van der Waals surface area contributed by atoms with E-state index in [9.17, 15) is 0 Å². The van der Waals surface area contributed by atoms with E-state index < -0.39 is 0 Å². The first-order chi connectivity index (χ1) is 6.90. The first-order valence-corrected chi connectivity index (χ1v) is 5.80. The molecule has 0 saturated heterocycles. The highest BCUT2D eigenvalue weighted by atomic mass is 14.6. The van der Waals surface area contributed by atoms with Gasteiger partial charge in [0.1, 0.15) is 0 Å². The maximum atomic E-state index is 4.08. The van der Waals surface area contributed by atoms with Crippen molar-refractivity contribution in [3.8, 4) is 0 Å². The highest BCUT2D eigenvalue weighted by Crippen LogP contribution is 2.36. The molecule has 1 heteroatoms. The minimum atomic E-state index is 0.802. The third-order valence-corrected chi connectivity index (χ3v) is 3.54. The summed E-state index contributed by atoms with van der Waals surface area (Å²) in [4.78, 5) is 4.08. The Kier molecular flexibility index (Phi) is 3.18. The van der Waals surface area contributed by atoms with Crippen LogP contribution >= 0.6 is 0 Å². The van der Waals surface area contributed by atoms with Gasteiger partial charge in [0.15, 0.2) is 0 Å². The van der Waals surface area contributed by atoms with Crippen molar-refractivity contribution in [1.29, 1.82) is 0 Å². The second kappa shape index (κ2) is 4.59. The molecule has 0 spiro atoms. The minimum absolute atomic E-state index is 0.802. The summed E-state index contributed by atoms with van der Waals surface area (Å²) in [6, 6.07) is 4.37. The summed E-state index contributed by atoms with van der Waals surface area (Å²) < 4.78 is 0. The third-order valence-electron chi connectivity index (χ3n) is 3.54. The van der Waals surface area contributed by atoms with Crippen LogP contribution in [0.3, 0.4) is 0 Å². The number of nitrogens with zero attached hydrogens (tertiary/aromatic N) is 1. The quantitative estimate of drug-likeness (QED) is 0.690. The number of hydrogen-bond donors (Lipinski definition) is 0. The molecule has 2 unspecified atom stereocenters. The summed E-state index contributed by atoms with van der Waals surface area (Å²) in [5.74, 6) is 1.76. The number of hydrogen-bond acceptors (Lipinski definition) is 1.